The van der Waals surface area contributed by atoms with Crippen LogP contribution in [0.1, 0.15) is 29.1 Å². The molecule has 0 spiro atoms. The molecule has 0 radical (unpaired) electrons. The monoisotopic (exact) mass is 232 g/mol. The molecule has 6 heteroatoms. The zero-order valence-electron chi connectivity index (χ0n) is 9.23. The van der Waals surface area contributed by atoms with E-state index in [9.17, 15) is 9.59 Å². The number of aromatic amines is 2. The average Bonchev–Trinajstić information content (AvgIpc) is 2.82. The Labute approximate surface area is 97.1 Å². The molecular weight excluding hydrogens is 220 g/mol. The van der Waals surface area contributed by atoms with Crippen molar-refractivity contribution in [1.29, 1.82) is 0 Å². The van der Waals surface area contributed by atoms with E-state index in [0.717, 1.165) is 0 Å². The van der Waals surface area contributed by atoms with Gasteiger partial charge in [-0.15, -0.1) is 0 Å². The second kappa shape index (κ2) is 4.65. The molecule has 0 fully saturated rings. The van der Waals surface area contributed by atoms with E-state index >= 15 is 0 Å². The Kier molecular flexibility index (Phi) is 3.04. The molecule has 0 saturated heterocycles. The fourth-order valence-electron chi connectivity index (χ4n) is 1.45. The first-order chi connectivity index (χ1) is 8.18. The molecule has 2 rings (SSSR count). The Bertz CT molecular complexity index is 559. The van der Waals surface area contributed by atoms with E-state index in [1.807, 2.05) is 0 Å². The summed E-state index contributed by atoms with van der Waals surface area (Å²) < 4.78 is 0. The number of carbonyl (C=O) groups excluding carboxylic acids is 1. The van der Waals surface area contributed by atoms with Crippen LogP contribution < -0.4 is 10.7 Å². The number of pyridine rings is 1. The van der Waals surface area contributed by atoms with E-state index in [2.05, 4.69) is 20.3 Å². The van der Waals surface area contributed by atoms with Crippen LogP contribution in [0.2, 0.25) is 0 Å². The van der Waals surface area contributed by atoms with Crippen LogP contribution in [0.3, 0.4) is 0 Å². The summed E-state index contributed by atoms with van der Waals surface area (Å²) in [7, 11) is 0. The van der Waals surface area contributed by atoms with Gasteiger partial charge < -0.3 is 15.3 Å². The summed E-state index contributed by atoms with van der Waals surface area (Å²) in [5, 5.41) is 2.69. The Morgan fingerprint density at radius 3 is 2.94 bits per heavy atom. The summed E-state index contributed by atoms with van der Waals surface area (Å²) in [5.74, 6) is 0.224. The molecule has 2 aromatic rings. The van der Waals surface area contributed by atoms with Crippen LogP contribution >= 0.6 is 0 Å². The van der Waals surface area contributed by atoms with Gasteiger partial charge in [-0.2, -0.15) is 0 Å². The summed E-state index contributed by atoms with van der Waals surface area (Å²) in [5.41, 5.74) is -0.223. The maximum Gasteiger partial charge on any atom is 0.257 e. The topological polar surface area (TPSA) is 90.6 Å². The number of nitrogens with one attached hydrogen (secondary N) is 3. The minimum absolute atomic E-state index is 0.0888. The number of hydrogen-bond acceptors (Lipinski definition) is 3. The van der Waals surface area contributed by atoms with Crippen molar-refractivity contribution in [2.45, 2.75) is 13.0 Å². The van der Waals surface area contributed by atoms with Crippen LogP contribution in [0.25, 0.3) is 0 Å². The summed E-state index contributed by atoms with van der Waals surface area (Å²) in [6.45, 7) is 1.79. The zero-order chi connectivity index (χ0) is 12.3. The molecule has 0 bridgehead atoms. The van der Waals surface area contributed by atoms with Gasteiger partial charge >= 0.3 is 0 Å². The maximum atomic E-state index is 11.8. The molecule has 2 heterocycles. The van der Waals surface area contributed by atoms with Gasteiger partial charge in [0.2, 0.25) is 0 Å². The largest absolute Gasteiger partial charge is 0.367 e. The summed E-state index contributed by atoms with van der Waals surface area (Å²) in [6.07, 6.45) is 6.14. The molecule has 6 nitrogen and oxygen atoms in total. The Hall–Kier alpha value is -2.37. The van der Waals surface area contributed by atoms with Crippen LogP contribution in [0, 0.1) is 0 Å². The minimum Gasteiger partial charge on any atom is -0.367 e. The molecular formula is C11H12N4O2. The Balaban J connectivity index is 2.13. The smallest absolute Gasteiger partial charge is 0.257 e. The molecule has 1 amide bonds. The van der Waals surface area contributed by atoms with Crippen molar-refractivity contribution in [2.24, 2.45) is 0 Å². The number of aromatic nitrogens is 3. The van der Waals surface area contributed by atoms with Crippen molar-refractivity contribution in [1.82, 2.24) is 20.3 Å². The van der Waals surface area contributed by atoms with Gasteiger partial charge in [-0.3, -0.25) is 9.59 Å². The maximum absolute atomic E-state index is 11.8. The number of nitrogens with zero attached hydrogens (tertiary/aromatic N) is 1. The van der Waals surface area contributed by atoms with E-state index in [1.54, 1.807) is 19.3 Å². The van der Waals surface area contributed by atoms with Crippen molar-refractivity contribution in [3.8, 4) is 0 Å². The number of hydrogen-bond donors (Lipinski definition) is 3. The van der Waals surface area contributed by atoms with Crippen LogP contribution in [-0.2, 0) is 0 Å². The third-order valence-electron chi connectivity index (χ3n) is 2.35. The first kappa shape index (κ1) is 11.1. The molecule has 1 unspecified atom stereocenters. The van der Waals surface area contributed by atoms with Gasteiger partial charge in [0.15, 0.2) is 5.43 Å². The third-order valence-corrected chi connectivity index (χ3v) is 2.35. The molecule has 1 atom stereocenters. The summed E-state index contributed by atoms with van der Waals surface area (Å²) in [4.78, 5) is 32.9. The van der Waals surface area contributed by atoms with Gasteiger partial charge in [0, 0.05) is 30.9 Å². The van der Waals surface area contributed by atoms with Crippen molar-refractivity contribution in [3.63, 3.8) is 0 Å². The number of imidazole rings is 1. The van der Waals surface area contributed by atoms with Gasteiger partial charge in [-0.1, -0.05) is 0 Å². The highest BCUT2D eigenvalue weighted by Gasteiger charge is 2.14. The highest BCUT2D eigenvalue weighted by atomic mass is 16.2. The molecule has 0 aliphatic heterocycles. The SMILES string of the molecule is CC(NC(=O)c1c[nH]ccc1=O)c1ncc[nH]1. The second-order valence-electron chi connectivity index (χ2n) is 3.59. The molecule has 0 aliphatic carbocycles. The summed E-state index contributed by atoms with van der Waals surface area (Å²) in [6, 6.07) is 1.03. The molecule has 3 N–H and O–H groups in total. The van der Waals surface area contributed by atoms with Crippen LogP contribution in [0.15, 0.2) is 35.6 Å². The van der Waals surface area contributed by atoms with Crippen LogP contribution in [-0.4, -0.2) is 20.9 Å². The van der Waals surface area contributed by atoms with Crippen LogP contribution in [0.5, 0.6) is 0 Å². The third kappa shape index (κ3) is 2.41. The molecule has 0 aromatic carbocycles. The lowest BCUT2D eigenvalue weighted by molar-refractivity contribution is 0.0937. The van der Waals surface area contributed by atoms with Gasteiger partial charge in [0.1, 0.15) is 11.4 Å². The quantitative estimate of drug-likeness (QED) is 0.723. The lowest BCUT2D eigenvalue weighted by Gasteiger charge is -2.10. The van der Waals surface area contributed by atoms with Crippen molar-refractivity contribution in [2.75, 3.05) is 0 Å². The highest BCUT2D eigenvalue weighted by molar-refractivity contribution is 5.93. The Morgan fingerprint density at radius 2 is 2.29 bits per heavy atom. The van der Waals surface area contributed by atoms with E-state index in [-0.39, 0.29) is 17.0 Å². The fraction of sp³-hybridized carbons (Fsp3) is 0.182. The highest BCUT2D eigenvalue weighted by Crippen LogP contribution is 2.05. The molecule has 17 heavy (non-hydrogen) atoms. The number of rotatable bonds is 3. The summed E-state index contributed by atoms with van der Waals surface area (Å²) >= 11 is 0. The number of H-pyrrole nitrogens is 2. The van der Waals surface area contributed by atoms with E-state index in [1.165, 1.54) is 18.5 Å². The number of amides is 1. The van der Waals surface area contributed by atoms with Crippen molar-refractivity contribution < 1.29 is 4.79 Å². The van der Waals surface area contributed by atoms with Crippen LogP contribution in [0.4, 0.5) is 0 Å². The molecule has 2 aromatic heterocycles. The second-order valence-corrected chi connectivity index (χ2v) is 3.59. The lowest BCUT2D eigenvalue weighted by atomic mass is 10.2. The average molecular weight is 232 g/mol. The van der Waals surface area contributed by atoms with E-state index < -0.39 is 5.91 Å². The first-order valence-corrected chi connectivity index (χ1v) is 5.15. The first-order valence-electron chi connectivity index (χ1n) is 5.15. The van der Waals surface area contributed by atoms with Gasteiger partial charge in [0.25, 0.3) is 5.91 Å². The standard InChI is InChI=1S/C11H12N4O2/c1-7(10-13-4-5-14-10)15-11(17)8-6-12-3-2-9(8)16/h2-7H,1H3,(H,12,16)(H,13,14)(H,15,17). The zero-order valence-corrected chi connectivity index (χ0v) is 9.23. The van der Waals surface area contributed by atoms with E-state index in [4.69, 9.17) is 0 Å². The van der Waals surface area contributed by atoms with Gasteiger partial charge in [-0.25, -0.2) is 4.98 Å². The number of carbonyl (C=O) groups is 1. The van der Waals surface area contributed by atoms with E-state index in [0.29, 0.717) is 5.82 Å². The Morgan fingerprint density at radius 1 is 1.47 bits per heavy atom. The predicted octanol–water partition coefficient (Wildman–Crippen LogP) is 0.589. The predicted molar refractivity (Wildman–Crippen MR) is 61.5 cm³/mol. The normalized spacial score (nSPS) is 12.1. The van der Waals surface area contributed by atoms with Gasteiger partial charge in [0.05, 0.1) is 6.04 Å². The molecule has 0 saturated carbocycles. The molecule has 88 valence electrons. The fourth-order valence-corrected chi connectivity index (χ4v) is 1.45. The van der Waals surface area contributed by atoms with Crippen molar-refractivity contribution in [3.05, 3.63) is 52.5 Å². The minimum atomic E-state index is -0.421. The lowest BCUT2D eigenvalue weighted by Crippen LogP contribution is -2.31. The van der Waals surface area contributed by atoms with Gasteiger partial charge in [-0.05, 0) is 6.92 Å². The van der Waals surface area contributed by atoms with Crippen molar-refractivity contribution >= 4 is 5.91 Å². The molecule has 0 aliphatic rings.